The molecule has 9 heteroatoms. The van der Waals surface area contributed by atoms with Crippen molar-refractivity contribution in [2.24, 2.45) is 0 Å². The topological polar surface area (TPSA) is 20.3 Å². The van der Waals surface area contributed by atoms with Gasteiger partial charge in [-0.2, -0.15) is 26.3 Å². The van der Waals surface area contributed by atoms with Crippen LogP contribution in [0.4, 0.5) is 26.3 Å². The molecular formula is C13H12ClF6NO. The summed E-state index contributed by atoms with van der Waals surface area (Å²) in [7, 11) is 0. The summed E-state index contributed by atoms with van der Waals surface area (Å²) in [6.07, 6.45) is -10.2. The Balaban J connectivity index is 3.65. The predicted molar refractivity (Wildman–Crippen MR) is 68.2 cm³/mol. The van der Waals surface area contributed by atoms with Gasteiger partial charge in [0.05, 0.1) is 22.2 Å². The predicted octanol–water partition coefficient (Wildman–Crippen LogP) is 5.12. The molecule has 1 rings (SSSR count). The lowest BCUT2D eigenvalue weighted by Crippen LogP contribution is -2.40. The summed E-state index contributed by atoms with van der Waals surface area (Å²) in [6, 6.07) is 1.42. The Labute approximate surface area is 127 Å². The summed E-state index contributed by atoms with van der Waals surface area (Å²) in [6.45, 7) is 4.13. The number of benzene rings is 1. The van der Waals surface area contributed by atoms with Crippen LogP contribution in [0.3, 0.4) is 0 Å². The first-order chi connectivity index (χ1) is 9.67. The summed E-state index contributed by atoms with van der Waals surface area (Å²) in [5, 5.41) is 0. The fourth-order valence-electron chi connectivity index (χ4n) is 1.66. The molecule has 0 fully saturated rings. The highest BCUT2D eigenvalue weighted by Crippen LogP contribution is 2.40. The molecule has 1 amide bonds. The fraction of sp³-hybridized carbons (Fsp3) is 0.462. The van der Waals surface area contributed by atoms with E-state index in [0.29, 0.717) is 22.6 Å². The van der Waals surface area contributed by atoms with Gasteiger partial charge in [-0.05, 0) is 32.9 Å². The Hall–Kier alpha value is -1.44. The number of carbonyl (C=O) groups is 1. The van der Waals surface area contributed by atoms with Gasteiger partial charge in [-0.1, -0.05) is 6.07 Å². The molecule has 0 aliphatic rings. The zero-order chi connectivity index (χ0) is 17.5. The number of alkyl halides is 6. The van der Waals surface area contributed by atoms with Gasteiger partial charge in [0.15, 0.2) is 0 Å². The molecule has 0 radical (unpaired) electrons. The Bertz CT molecular complexity index is 541. The molecule has 0 aliphatic carbocycles. The van der Waals surface area contributed by atoms with Gasteiger partial charge >= 0.3 is 12.4 Å². The largest absolute Gasteiger partial charge is 0.417 e. The fourth-order valence-corrected chi connectivity index (χ4v) is 1.74. The lowest BCUT2D eigenvalue weighted by molar-refractivity contribution is -0.143. The van der Waals surface area contributed by atoms with E-state index in [9.17, 15) is 31.1 Å². The molecule has 0 aromatic heterocycles. The molecule has 0 unspecified atom stereocenters. The quantitative estimate of drug-likeness (QED) is 0.510. The van der Waals surface area contributed by atoms with Crippen LogP contribution < -0.4 is 0 Å². The highest BCUT2D eigenvalue weighted by molar-refractivity contribution is 6.25. The number of rotatable bonds is 1. The third-order valence-corrected chi connectivity index (χ3v) is 3.32. The van der Waals surface area contributed by atoms with Crippen LogP contribution in [0, 0.1) is 0 Å². The Morgan fingerprint density at radius 3 is 1.59 bits per heavy atom. The van der Waals surface area contributed by atoms with Crippen molar-refractivity contribution in [1.82, 2.24) is 4.42 Å². The maximum Gasteiger partial charge on any atom is 0.417 e. The van der Waals surface area contributed by atoms with Crippen molar-refractivity contribution >= 4 is 17.7 Å². The van der Waals surface area contributed by atoms with Gasteiger partial charge in [-0.25, -0.2) is 4.42 Å². The van der Waals surface area contributed by atoms with E-state index in [0.717, 1.165) is 0 Å². The van der Waals surface area contributed by atoms with Gasteiger partial charge in [0.25, 0.3) is 5.91 Å². The summed E-state index contributed by atoms with van der Waals surface area (Å²) in [5.74, 6) is -1.56. The van der Waals surface area contributed by atoms with E-state index in [2.05, 4.69) is 0 Å². The molecule has 124 valence electrons. The molecule has 2 nitrogen and oxygen atoms in total. The Morgan fingerprint density at radius 2 is 1.32 bits per heavy atom. The molecule has 0 saturated heterocycles. The molecule has 1 aromatic rings. The molecule has 0 aliphatic heterocycles. The van der Waals surface area contributed by atoms with Crippen molar-refractivity contribution in [2.75, 3.05) is 0 Å². The number of halogens is 7. The number of nitrogens with zero attached hydrogens (tertiary/aromatic N) is 1. The maximum absolute atomic E-state index is 13.0. The van der Waals surface area contributed by atoms with E-state index in [1.165, 1.54) is 20.8 Å². The molecule has 0 saturated carbocycles. The van der Waals surface area contributed by atoms with Crippen molar-refractivity contribution in [1.29, 1.82) is 0 Å². The van der Waals surface area contributed by atoms with Crippen molar-refractivity contribution < 1.29 is 31.1 Å². The number of hydrogen-bond acceptors (Lipinski definition) is 1. The van der Waals surface area contributed by atoms with Crippen molar-refractivity contribution in [3.8, 4) is 0 Å². The third-order valence-electron chi connectivity index (χ3n) is 2.66. The smallest absolute Gasteiger partial charge is 0.268 e. The Morgan fingerprint density at radius 1 is 0.955 bits per heavy atom. The second-order valence-corrected chi connectivity index (χ2v) is 5.82. The lowest BCUT2D eigenvalue weighted by Gasteiger charge is -2.30. The van der Waals surface area contributed by atoms with Crippen LogP contribution in [0.15, 0.2) is 18.2 Å². The van der Waals surface area contributed by atoms with Crippen LogP contribution in [-0.2, 0) is 12.4 Å². The van der Waals surface area contributed by atoms with E-state index in [-0.39, 0.29) is 0 Å². The molecule has 0 atom stereocenters. The third kappa shape index (κ3) is 3.85. The average Bonchev–Trinajstić information content (AvgIpc) is 2.32. The van der Waals surface area contributed by atoms with Gasteiger partial charge in [0.2, 0.25) is 0 Å². The van der Waals surface area contributed by atoms with Gasteiger partial charge in [0, 0.05) is 11.8 Å². The standard InChI is InChI=1S/C13H12ClF6NO/c1-11(2,3)21(14)10(22)9-7(12(15,16)17)5-4-6-8(9)13(18,19)20/h4-6H,1-3H3. The monoisotopic (exact) mass is 347 g/mol. The average molecular weight is 348 g/mol. The molecule has 0 bridgehead atoms. The summed E-state index contributed by atoms with van der Waals surface area (Å²) < 4.78 is 78.1. The summed E-state index contributed by atoms with van der Waals surface area (Å²) in [4.78, 5) is 12.1. The minimum absolute atomic E-state index is 0.326. The first-order valence-corrected chi connectivity index (χ1v) is 6.29. The van der Waals surface area contributed by atoms with E-state index >= 15 is 0 Å². The van der Waals surface area contributed by atoms with Gasteiger partial charge in [-0.3, -0.25) is 4.79 Å². The first-order valence-electron chi connectivity index (χ1n) is 5.95. The molecule has 0 N–H and O–H groups in total. The van der Waals surface area contributed by atoms with Crippen LogP contribution in [0.2, 0.25) is 0 Å². The molecule has 0 spiro atoms. The van der Waals surface area contributed by atoms with E-state index in [4.69, 9.17) is 11.8 Å². The molecule has 0 heterocycles. The second kappa shape index (κ2) is 5.64. The van der Waals surface area contributed by atoms with Crippen LogP contribution >= 0.6 is 11.8 Å². The van der Waals surface area contributed by atoms with Gasteiger partial charge < -0.3 is 0 Å². The number of hydrogen-bond donors (Lipinski definition) is 0. The maximum atomic E-state index is 13.0. The van der Waals surface area contributed by atoms with Gasteiger partial charge in [-0.15, -0.1) is 0 Å². The van der Waals surface area contributed by atoms with Gasteiger partial charge in [0.1, 0.15) is 0 Å². The SMILES string of the molecule is CC(C)(C)N(Cl)C(=O)c1c(C(F)(F)F)cccc1C(F)(F)F. The minimum atomic E-state index is -5.12. The minimum Gasteiger partial charge on any atom is -0.268 e. The van der Waals surface area contributed by atoms with Crippen molar-refractivity contribution in [2.45, 2.75) is 38.7 Å². The van der Waals surface area contributed by atoms with Crippen LogP contribution in [-0.4, -0.2) is 15.9 Å². The number of amides is 1. The zero-order valence-electron chi connectivity index (χ0n) is 11.7. The Kier molecular flexibility index (Phi) is 4.77. The summed E-state index contributed by atoms with van der Waals surface area (Å²) >= 11 is 5.64. The van der Waals surface area contributed by atoms with E-state index in [1.54, 1.807) is 0 Å². The lowest BCUT2D eigenvalue weighted by atomic mass is 9.97. The first kappa shape index (κ1) is 18.6. The summed E-state index contributed by atoms with van der Waals surface area (Å²) in [5.41, 5.74) is -6.03. The van der Waals surface area contributed by atoms with Crippen LogP contribution in [0.1, 0.15) is 42.3 Å². The molecule has 22 heavy (non-hydrogen) atoms. The molecule has 1 aromatic carbocycles. The second-order valence-electron chi connectivity index (χ2n) is 5.48. The number of carbonyl (C=O) groups excluding carboxylic acids is 1. The van der Waals surface area contributed by atoms with E-state index < -0.39 is 40.5 Å². The van der Waals surface area contributed by atoms with E-state index in [1.807, 2.05) is 0 Å². The molecular weight excluding hydrogens is 336 g/mol. The van der Waals surface area contributed by atoms with Crippen molar-refractivity contribution in [3.05, 3.63) is 34.9 Å². The van der Waals surface area contributed by atoms with Crippen LogP contribution in [0.25, 0.3) is 0 Å². The zero-order valence-corrected chi connectivity index (χ0v) is 12.5. The van der Waals surface area contributed by atoms with Crippen LogP contribution in [0.5, 0.6) is 0 Å². The highest BCUT2D eigenvalue weighted by Gasteiger charge is 2.44. The normalized spacial score (nSPS) is 13.2. The van der Waals surface area contributed by atoms with Crippen molar-refractivity contribution in [3.63, 3.8) is 0 Å². The highest BCUT2D eigenvalue weighted by atomic mass is 35.5.